The summed E-state index contributed by atoms with van der Waals surface area (Å²) in [5.74, 6) is 0.249. The summed E-state index contributed by atoms with van der Waals surface area (Å²) in [6.45, 7) is 2.09. The summed E-state index contributed by atoms with van der Waals surface area (Å²) < 4.78 is 1.03. The number of nitrogens with zero attached hydrogens (tertiary/aromatic N) is 1. The highest BCUT2D eigenvalue weighted by Gasteiger charge is 2.20. The van der Waals surface area contributed by atoms with Crippen molar-refractivity contribution in [3.8, 4) is 5.75 Å². The Morgan fingerprint density at radius 3 is 2.23 bits per heavy atom. The van der Waals surface area contributed by atoms with Gasteiger partial charge in [0.1, 0.15) is 5.75 Å². The van der Waals surface area contributed by atoms with E-state index in [1.807, 2.05) is 24.3 Å². The molecule has 0 radical (unpaired) electrons. The number of rotatable bonds is 5. The van der Waals surface area contributed by atoms with Gasteiger partial charge in [0, 0.05) is 16.8 Å². The molecule has 2 N–H and O–H groups in total. The summed E-state index contributed by atoms with van der Waals surface area (Å²) in [5, 5.41) is 22.7. The summed E-state index contributed by atoms with van der Waals surface area (Å²) >= 11 is 3.49. The van der Waals surface area contributed by atoms with Gasteiger partial charge in [-0.05, 0) is 65.6 Å². The van der Waals surface area contributed by atoms with E-state index in [1.54, 1.807) is 24.3 Å². The van der Waals surface area contributed by atoms with Gasteiger partial charge in [-0.15, -0.1) is 0 Å². The Kier molecular flexibility index (Phi) is 5.74. The van der Waals surface area contributed by atoms with E-state index in [9.17, 15) is 10.3 Å². The van der Waals surface area contributed by atoms with Crippen LogP contribution >= 0.6 is 15.9 Å². The van der Waals surface area contributed by atoms with Crippen molar-refractivity contribution in [1.82, 2.24) is 0 Å². The maximum absolute atomic E-state index is 9.62. The fourth-order valence-corrected chi connectivity index (χ4v) is 3.41. The Hall–Kier alpha value is -2.59. The lowest BCUT2D eigenvalue weighted by Gasteiger charge is -2.21. The van der Waals surface area contributed by atoms with Gasteiger partial charge >= 0.3 is 0 Å². The minimum Gasteiger partial charge on any atom is -0.508 e. The van der Waals surface area contributed by atoms with Gasteiger partial charge in [-0.3, -0.25) is 0 Å². The van der Waals surface area contributed by atoms with Crippen molar-refractivity contribution in [2.24, 2.45) is 5.16 Å². The van der Waals surface area contributed by atoms with Crippen LogP contribution in [0.25, 0.3) is 0 Å². The topological polar surface area (TPSA) is 52.8 Å². The minimum absolute atomic E-state index is 0.0593. The monoisotopic (exact) mass is 409 g/mol. The number of phenolic OH excluding ortho intramolecular Hbond substituents is 1. The van der Waals surface area contributed by atoms with Crippen LogP contribution < -0.4 is 0 Å². The zero-order chi connectivity index (χ0) is 18.5. The van der Waals surface area contributed by atoms with Gasteiger partial charge in [-0.1, -0.05) is 57.5 Å². The van der Waals surface area contributed by atoms with E-state index >= 15 is 0 Å². The zero-order valence-corrected chi connectivity index (χ0v) is 16.0. The maximum Gasteiger partial charge on any atom is 0.115 e. The lowest BCUT2D eigenvalue weighted by molar-refractivity contribution is 0.317. The largest absolute Gasteiger partial charge is 0.508 e. The van der Waals surface area contributed by atoms with Crippen LogP contribution in [-0.2, 0) is 0 Å². The van der Waals surface area contributed by atoms with E-state index in [0.717, 1.165) is 15.6 Å². The van der Waals surface area contributed by atoms with Gasteiger partial charge in [-0.2, -0.15) is 0 Å². The molecule has 0 amide bonds. The molecule has 0 aromatic heterocycles. The first kappa shape index (κ1) is 18.2. The molecule has 0 saturated heterocycles. The molecule has 26 heavy (non-hydrogen) atoms. The summed E-state index contributed by atoms with van der Waals surface area (Å²) in [6.07, 6.45) is 0.549. The number of benzene rings is 3. The van der Waals surface area contributed by atoms with E-state index in [2.05, 4.69) is 52.3 Å². The van der Waals surface area contributed by atoms with Crippen LogP contribution in [0.2, 0.25) is 0 Å². The Bertz CT molecular complexity index is 902. The first-order chi connectivity index (χ1) is 12.6. The lowest BCUT2D eigenvalue weighted by Crippen LogP contribution is -2.11. The van der Waals surface area contributed by atoms with E-state index in [0.29, 0.717) is 12.1 Å². The van der Waals surface area contributed by atoms with Crippen molar-refractivity contribution in [3.05, 3.63) is 99.5 Å². The van der Waals surface area contributed by atoms with Crippen LogP contribution in [0.1, 0.15) is 34.6 Å². The molecule has 3 nitrogen and oxygen atoms in total. The molecule has 1 unspecified atom stereocenters. The molecule has 0 aliphatic carbocycles. The highest BCUT2D eigenvalue weighted by atomic mass is 79.9. The van der Waals surface area contributed by atoms with Gasteiger partial charge in [0.25, 0.3) is 0 Å². The van der Waals surface area contributed by atoms with Crippen molar-refractivity contribution in [2.45, 2.75) is 19.3 Å². The molecule has 0 spiro atoms. The third-order valence-electron chi connectivity index (χ3n) is 4.55. The van der Waals surface area contributed by atoms with E-state index < -0.39 is 0 Å². The molecule has 0 aliphatic rings. The Morgan fingerprint density at radius 1 is 0.962 bits per heavy atom. The highest BCUT2D eigenvalue weighted by molar-refractivity contribution is 9.10. The van der Waals surface area contributed by atoms with Crippen LogP contribution in [0.5, 0.6) is 5.75 Å². The Morgan fingerprint density at radius 2 is 1.62 bits per heavy atom. The lowest BCUT2D eigenvalue weighted by atomic mass is 9.83. The van der Waals surface area contributed by atoms with Crippen molar-refractivity contribution in [2.75, 3.05) is 0 Å². The summed E-state index contributed by atoms with van der Waals surface area (Å²) in [6, 6.07) is 23.2. The smallest absolute Gasteiger partial charge is 0.115 e. The normalized spacial score (nSPS) is 12.8. The van der Waals surface area contributed by atoms with Crippen LogP contribution in [-0.4, -0.2) is 16.0 Å². The molecular weight excluding hydrogens is 390 g/mol. The number of phenols is 1. The number of aryl methyl sites for hydroxylation is 1. The second-order valence-electron chi connectivity index (χ2n) is 6.26. The van der Waals surface area contributed by atoms with Gasteiger partial charge in [0.15, 0.2) is 0 Å². The van der Waals surface area contributed by atoms with E-state index in [1.165, 1.54) is 11.1 Å². The molecule has 0 fully saturated rings. The van der Waals surface area contributed by atoms with Crippen LogP contribution in [0.4, 0.5) is 0 Å². The van der Waals surface area contributed by atoms with Crippen molar-refractivity contribution < 1.29 is 10.3 Å². The van der Waals surface area contributed by atoms with Crippen LogP contribution in [0, 0.1) is 6.92 Å². The Labute approximate surface area is 161 Å². The quantitative estimate of drug-likeness (QED) is 0.314. The molecule has 0 saturated carbocycles. The van der Waals surface area contributed by atoms with Gasteiger partial charge in [-0.25, -0.2) is 0 Å². The molecule has 132 valence electrons. The third kappa shape index (κ3) is 4.14. The third-order valence-corrected chi connectivity index (χ3v) is 5.08. The maximum atomic E-state index is 9.62. The number of aromatic hydroxyl groups is 1. The average molecular weight is 410 g/mol. The van der Waals surface area contributed by atoms with Gasteiger partial charge in [0.05, 0.1) is 5.71 Å². The first-order valence-electron chi connectivity index (χ1n) is 8.40. The first-order valence-corrected chi connectivity index (χ1v) is 9.19. The fourth-order valence-electron chi connectivity index (χ4n) is 3.14. The molecule has 3 rings (SSSR count). The van der Waals surface area contributed by atoms with Crippen molar-refractivity contribution in [3.63, 3.8) is 0 Å². The van der Waals surface area contributed by atoms with Crippen molar-refractivity contribution >= 4 is 21.6 Å². The number of hydrogen-bond acceptors (Lipinski definition) is 3. The molecule has 1 atom stereocenters. The zero-order valence-electron chi connectivity index (χ0n) is 14.4. The molecule has 0 aliphatic heterocycles. The second-order valence-corrected chi connectivity index (χ2v) is 7.17. The van der Waals surface area contributed by atoms with E-state index in [4.69, 9.17) is 0 Å². The van der Waals surface area contributed by atoms with Crippen LogP contribution in [0.3, 0.4) is 0 Å². The highest BCUT2D eigenvalue weighted by Crippen LogP contribution is 2.32. The van der Waals surface area contributed by atoms with Gasteiger partial charge < -0.3 is 10.3 Å². The summed E-state index contributed by atoms with van der Waals surface area (Å²) in [4.78, 5) is 0. The Balaban J connectivity index is 2.01. The molecular formula is C22H20BrNO2. The predicted molar refractivity (Wildman–Crippen MR) is 108 cm³/mol. The summed E-state index contributed by atoms with van der Waals surface area (Å²) in [7, 11) is 0. The van der Waals surface area contributed by atoms with Gasteiger partial charge in [0.2, 0.25) is 0 Å². The fraction of sp³-hybridized carbons (Fsp3) is 0.136. The molecule has 0 bridgehead atoms. The predicted octanol–water partition coefficient (Wildman–Crippen LogP) is 5.86. The SMILES string of the molecule is Cc1ccccc1C(C/C(=N\O)c1ccc(O)cc1)c1ccc(Br)cc1. The average Bonchev–Trinajstić information content (AvgIpc) is 2.66. The van der Waals surface area contributed by atoms with Crippen molar-refractivity contribution in [1.29, 1.82) is 0 Å². The molecule has 0 heterocycles. The minimum atomic E-state index is 0.0593. The number of halogens is 1. The second kappa shape index (κ2) is 8.19. The van der Waals surface area contributed by atoms with E-state index in [-0.39, 0.29) is 11.7 Å². The molecule has 3 aromatic rings. The number of hydrogen-bond donors (Lipinski definition) is 2. The molecule has 4 heteroatoms. The molecule has 3 aromatic carbocycles. The summed E-state index contributed by atoms with van der Waals surface area (Å²) in [5.41, 5.74) is 4.93. The van der Waals surface area contributed by atoms with Crippen LogP contribution in [0.15, 0.2) is 82.4 Å². The number of oxime groups is 1. The standard InChI is InChI=1S/C22H20BrNO2/c1-15-4-2-3-5-20(15)21(16-6-10-18(23)11-7-16)14-22(24-26)17-8-12-19(25)13-9-17/h2-13,21,25-26H,14H2,1H3/b24-22+.